The van der Waals surface area contributed by atoms with Crippen molar-refractivity contribution in [1.82, 2.24) is 15.0 Å². The van der Waals surface area contributed by atoms with Crippen LogP contribution in [-0.4, -0.2) is 20.1 Å². The Morgan fingerprint density at radius 1 is 1.06 bits per heavy atom. The second-order valence-corrected chi connectivity index (χ2v) is 9.55. The van der Waals surface area contributed by atoms with Crippen LogP contribution in [0.5, 0.6) is 11.6 Å². The number of aryl methyl sites for hydroxylation is 1. The highest BCUT2D eigenvalue weighted by Crippen LogP contribution is 2.43. The molecule has 2 aromatic carbocycles. The van der Waals surface area contributed by atoms with Gasteiger partial charge in [-0.3, -0.25) is 4.98 Å². The molecule has 1 aliphatic rings. The van der Waals surface area contributed by atoms with Gasteiger partial charge in [0.25, 0.3) is 0 Å². The highest BCUT2D eigenvalue weighted by atomic mass is 79.9. The minimum Gasteiger partial charge on any atom is -0.436 e. The van der Waals surface area contributed by atoms with Crippen LogP contribution in [0.4, 0.5) is 4.39 Å². The summed E-state index contributed by atoms with van der Waals surface area (Å²) < 4.78 is 20.7. The smallest absolute Gasteiger partial charge is 0.227 e. The van der Waals surface area contributed by atoms with Crippen molar-refractivity contribution in [3.63, 3.8) is 0 Å². The first-order chi connectivity index (χ1) is 16.0. The minimum absolute atomic E-state index is 0.121. The van der Waals surface area contributed by atoms with Gasteiger partial charge >= 0.3 is 0 Å². The first-order valence-corrected chi connectivity index (χ1v) is 12.1. The Morgan fingerprint density at radius 2 is 1.82 bits per heavy atom. The third-order valence-corrected chi connectivity index (χ3v) is 7.07. The van der Waals surface area contributed by atoms with E-state index in [4.69, 9.17) is 9.72 Å². The third kappa shape index (κ3) is 4.51. The largest absolute Gasteiger partial charge is 0.436 e. The Morgan fingerprint density at radius 3 is 2.55 bits per heavy atom. The Hall–Kier alpha value is -2.81. The number of thioether (sulfide) groups is 1. The Bertz CT molecular complexity index is 1330. The molecule has 166 valence electrons. The summed E-state index contributed by atoms with van der Waals surface area (Å²) >= 11 is 5.07. The fourth-order valence-corrected chi connectivity index (χ4v) is 4.92. The second-order valence-electron chi connectivity index (χ2n) is 7.67. The number of hydrogen-bond donors (Lipinski definition) is 1. The molecular weight excluding hydrogens is 505 g/mol. The van der Waals surface area contributed by atoms with E-state index in [9.17, 15) is 9.50 Å². The quantitative estimate of drug-likeness (QED) is 0.217. The molecule has 0 aliphatic carbocycles. The van der Waals surface area contributed by atoms with Gasteiger partial charge in [0.15, 0.2) is 11.6 Å². The number of aromatic nitrogens is 3. The molecule has 0 unspecified atom stereocenters. The van der Waals surface area contributed by atoms with Gasteiger partial charge in [0.2, 0.25) is 5.88 Å². The molecule has 5 rings (SSSR count). The third-order valence-electron chi connectivity index (χ3n) is 5.45. The SMILES string of the molecule is Cc1ncc(CO)c2c1Oc1nc(-c3ccc(F)cc3)nc(SCc3ccc(Br)cc3)c1C2. The van der Waals surface area contributed by atoms with Crippen LogP contribution in [0.15, 0.2) is 64.2 Å². The number of halogens is 2. The van der Waals surface area contributed by atoms with Crippen molar-refractivity contribution >= 4 is 27.7 Å². The van der Waals surface area contributed by atoms with Crippen molar-refractivity contribution in [2.24, 2.45) is 0 Å². The standard InChI is InChI=1S/C25H19BrFN3O2S/c1-14-22-20(17(12-31)11-28-14)10-21-24(32-22)29-23(16-4-8-19(27)9-5-16)30-25(21)33-13-15-2-6-18(26)7-3-15/h2-9,11,31H,10,12-13H2,1H3. The van der Waals surface area contributed by atoms with E-state index in [-0.39, 0.29) is 12.4 Å². The van der Waals surface area contributed by atoms with E-state index in [2.05, 4.69) is 38.0 Å². The van der Waals surface area contributed by atoms with Crippen LogP contribution >= 0.6 is 27.7 Å². The zero-order chi connectivity index (χ0) is 22.9. The molecule has 0 spiro atoms. The molecule has 0 bridgehead atoms. The van der Waals surface area contributed by atoms with E-state index >= 15 is 0 Å². The van der Waals surface area contributed by atoms with Crippen molar-refractivity contribution in [2.45, 2.75) is 30.7 Å². The van der Waals surface area contributed by atoms with Crippen molar-refractivity contribution in [1.29, 1.82) is 0 Å². The number of aliphatic hydroxyl groups is 1. The van der Waals surface area contributed by atoms with E-state index in [1.165, 1.54) is 12.1 Å². The average Bonchev–Trinajstić information content (AvgIpc) is 2.83. The summed E-state index contributed by atoms with van der Waals surface area (Å²) in [5.41, 5.74) is 5.11. The molecule has 1 N–H and O–H groups in total. The first-order valence-electron chi connectivity index (χ1n) is 10.3. The van der Waals surface area contributed by atoms with Gasteiger partial charge in [-0.05, 0) is 48.9 Å². The Labute approximate surface area is 203 Å². The van der Waals surface area contributed by atoms with Crippen LogP contribution in [0.3, 0.4) is 0 Å². The number of rotatable bonds is 5. The minimum atomic E-state index is -0.315. The van der Waals surface area contributed by atoms with Gasteiger partial charge in [-0.25, -0.2) is 9.37 Å². The Balaban J connectivity index is 1.58. The van der Waals surface area contributed by atoms with E-state index in [1.54, 1.807) is 30.1 Å². The summed E-state index contributed by atoms with van der Waals surface area (Å²) in [6.45, 7) is 1.75. The molecule has 1 aliphatic heterocycles. The summed E-state index contributed by atoms with van der Waals surface area (Å²) in [6.07, 6.45) is 2.22. The molecule has 3 heterocycles. The molecule has 2 aromatic heterocycles. The number of benzene rings is 2. The maximum Gasteiger partial charge on any atom is 0.227 e. The van der Waals surface area contributed by atoms with Crippen LogP contribution < -0.4 is 4.74 Å². The number of ether oxygens (including phenoxy) is 1. The summed E-state index contributed by atoms with van der Waals surface area (Å²) in [5.74, 6) is 1.97. The normalized spacial score (nSPS) is 12.1. The van der Waals surface area contributed by atoms with Gasteiger partial charge in [0.1, 0.15) is 10.8 Å². The van der Waals surface area contributed by atoms with E-state index in [0.29, 0.717) is 35.2 Å². The average molecular weight is 524 g/mol. The fourth-order valence-electron chi connectivity index (χ4n) is 3.67. The fraction of sp³-hybridized carbons (Fsp3) is 0.160. The highest BCUT2D eigenvalue weighted by Gasteiger charge is 2.27. The van der Waals surface area contributed by atoms with Gasteiger partial charge in [-0.1, -0.05) is 28.1 Å². The molecule has 33 heavy (non-hydrogen) atoms. The molecule has 0 radical (unpaired) electrons. The van der Waals surface area contributed by atoms with Gasteiger partial charge in [-0.2, -0.15) is 4.98 Å². The van der Waals surface area contributed by atoms with Crippen molar-refractivity contribution in [3.05, 3.63) is 93.0 Å². The monoisotopic (exact) mass is 523 g/mol. The number of hydrogen-bond acceptors (Lipinski definition) is 6. The second kappa shape index (κ2) is 9.21. The molecule has 0 fully saturated rings. The molecular formula is C25H19BrFN3O2S. The molecule has 0 amide bonds. The lowest BCUT2D eigenvalue weighted by molar-refractivity contribution is 0.278. The molecule has 0 atom stereocenters. The zero-order valence-electron chi connectivity index (χ0n) is 17.7. The van der Waals surface area contributed by atoms with Gasteiger partial charge in [-0.15, -0.1) is 11.8 Å². The summed E-state index contributed by atoms with van der Waals surface area (Å²) in [4.78, 5) is 13.9. The van der Waals surface area contributed by atoms with E-state index in [1.807, 2.05) is 19.1 Å². The molecule has 0 saturated heterocycles. The van der Waals surface area contributed by atoms with Crippen molar-refractivity contribution < 1.29 is 14.2 Å². The highest BCUT2D eigenvalue weighted by molar-refractivity contribution is 9.10. The lowest BCUT2D eigenvalue weighted by atomic mass is 9.99. The maximum absolute atomic E-state index is 13.5. The molecule has 8 heteroatoms. The van der Waals surface area contributed by atoms with Crippen LogP contribution in [0, 0.1) is 12.7 Å². The van der Waals surface area contributed by atoms with E-state index in [0.717, 1.165) is 37.4 Å². The van der Waals surface area contributed by atoms with Gasteiger partial charge in [0.05, 0.1) is 17.9 Å². The number of nitrogens with zero attached hydrogens (tertiary/aromatic N) is 3. The lowest BCUT2D eigenvalue weighted by Crippen LogP contribution is -2.13. The summed E-state index contributed by atoms with van der Waals surface area (Å²) in [6, 6.07) is 14.3. The molecule has 0 saturated carbocycles. The van der Waals surface area contributed by atoms with Crippen LogP contribution in [-0.2, 0) is 18.8 Å². The molecule has 5 nitrogen and oxygen atoms in total. The topological polar surface area (TPSA) is 68.1 Å². The van der Waals surface area contributed by atoms with Crippen LogP contribution in [0.25, 0.3) is 11.4 Å². The molecule has 4 aromatic rings. The lowest BCUT2D eigenvalue weighted by Gasteiger charge is -2.24. The van der Waals surface area contributed by atoms with Crippen molar-refractivity contribution in [3.8, 4) is 23.0 Å². The van der Waals surface area contributed by atoms with Crippen molar-refractivity contribution in [2.75, 3.05) is 0 Å². The number of pyridine rings is 1. The number of fused-ring (bicyclic) bond motifs is 2. The van der Waals surface area contributed by atoms with Gasteiger partial charge < -0.3 is 9.84 Å². The predicted molar refractivity (Wildman–Crippen MR) is 129 cm³/mol. The number of aliphatic hydroxyl groups excluding tert-OH is 1. The Kier molecular flexibility index (Phi) is 6.14. The van der Waals surface area contributed by atoms with Gasteiger partial charge in [0, 0.05) is 39.5 Å². The van der Waals surface area contributed by atoms with E-state index < -0.39 is 0 Å². The maximum atomic E-state index is 13.5. The van der Waals surface area contributed by atoms with Crippen LogP contribution in [0.2, 0.25) is 0 Å². The predicted octanol–water partition coefficient (Wildman–Crippen LogP) is 6.23. The summed E-state index contributed by atoms with van der Waals surface area (Å²) in [7, 11) is 0. The zero-order valence-corrected chi connectivity index (χ0v) is 20.1. The first kappa shape index (κ1) is 22.0. The van der Waals surface area contributed by atoms with Crippen LogP contribution in [0.1, 0.15) is 27.9 Å². The summed E-state index contributed by atoms with van der Waals surface area (Å²) in [5, 5.41) is 10.6.